The predicted octanol–water partition coefficient (Wildman–Crippen LogP) is 3.89. The van der Waals surface area contributed by atoms with Gasteiger partial charge in [0.25, 0.3) is 0 Å². The fourth-order valence-corrected chi connectivity index (χ4v) is 1.50. The summed E-state index contributed by atoms with van der Waals surface area (Å²) in [5.41, 5.74) is 2.61. The molecule has 0 atom stereocenters. The highest BCUT2D eigenvalue weighted by atomic mass is 16.5. The molecule has 1 aromatic rings. The Hall–Kier alpha value is -0.860. The highest BCUT2D eigenvalue weighted by molar-refractivity contribution is 5.23. The molecule has 0 amide bonds. The monoisotopic (exact) mass is 249 g/mol. The van der Waals surface area contributed by atoms with Crippen molar-refractivity contribution in [1.29, 1.82) is 0 Å². The maximum Gasteiger partial charge on any atom is 0.0724 e. The van der Waals surface area contributed by atoms with E-state index in [0.29, 0.717) is 6.61 Å². The molecule has 18 heavy (non-hydrogen) atoms. The van der Waals surface area contributed by atoms with Gasteiger partial charge in [0.2, 0.25) is 0 Å². The van der Waals surface area contributed by atoms with Gasteiger partial charge in [-0.3, -0.25) is 0 Å². The third kappa shape index (κ3) is 6.77. The van der Waals surface area contributed by atoms with Crippen molar-refractivity contribution in [2.75, 3.05) is 0 Å². The average molecular weight is 249 g/mol. The summed E-state index contributed by atoms with van der Waals surface area (Å²) in [7, 11) is 0. The second kappa shape index (κ2) is 5.85. The van der Waals surface area contributed by atoms with Crippen LogP contribution < -0.4 is 5.32 Å². The molecule has 2 nitrogen and oxygen atoms in total. The summed E-state index contributed by atoms with van der Waals surface area (Å²) >= 11 is 0. The van der Waals surface area contributed by atoms with Crippen LogP contribution in [0.1, 0.15) is 52.7 Å². The lowest BCUT2D eigenvalue weighted by atomic mass is 10.1. The van der Waals surface area contributed by atoms with Crippen molar-refractivity contribution in [3.63, 3.8) is 0 Å². The van der Waals surface area contributed by atoms with Gasteiger partial charge in [-0.2, -0.15) is 0 Å². The smallest absolute Gasteiger partial charge is 0.0724 e. The first-order valence-electron chi connectivity index (χ1n) is 6.62. The normalized spacial score (nSPS) is 12.8. The molecular weight excluding hydrogens is 222 g/mol. The third-order valence-electron chi connectivity index (χ3n) is 2.49. The van der Waals surface area contributed by atoms with Crippen LogP contribution in [0.15, 0.2) is 24.3 Å². The molecular formula is C16H27NO. The maximum absolute atomic E-state index is 5.80. The summed E-state index contributed by atoms with van der Waals surface area (Å²) in [6.45, 7) is 14.4. The van der Waals surface area contributed by atoms with Gasteiger partial charge in [-0.15, -0.1) is 0 Å². The minimum Gasteiger partial charge on any atom is -0.371 e. The van der Waals surface area contributed by atoms with E-state index in [0.717, 1.165) is 6.54 Å². The average Bonchev–Trinajstić information content (AvgIpc) is 2.22. The Balaban J connectivity index is 2.57. The molecule has 0 aliphatic heterocycles. The molecule has 102 valence electrons. The van der Waals surface area contributed by atoms with Crippen molar-refractivity contribution < 1.29 is 4.74 Å². The van der Waals surface area contributed by atoms with E-state index in [4.69, 9.17) is 4.74 Å². The highest BCUT2D eigenvalue weighted by Crippen LogP contribution is 2.13. The topological polar surface area (TPSA) is 21.3 Å². The van der Waals surface area contributed by atoms with Crippen LogP contribution in [0.4, 0.5) is 0 Å². The second-order valence-electron chi connectivity index (χ2n) is 6.82. The zero-order chi connectivity index (χ0) is 13.8. The molecule has 0 spiro atoms. The molecule has 0 fully saturated rings. The molecule has 1 rings (SSSR count). The van der Waals surface area contributed by atoms with Crippen LogP contribution in [0.3, 0.4) is 0 Å². The minimum absolute atomic E-state index is 0.0837. The number of nitrogens with one attached hydrogen (secondary N) is 1. The second-order valence-corrected chi connectivity index (χ2v) is 6.82. The third-order valence-corrected chi connectivity index (χ3v) is 2.49. The molecule has 1 aromatic carbocycles. The summed E-state index contributed by atoms with van der Waals surface area (Å²) in [5, 5.41) is 3.50. The molecule has 2 heteroatoms. The summed E-state index contributed by atoms with van der Waals surface area (Å²) in [4.78, 5) is 0. The Morgan fingerprint density at radius 1 is 1.00 bits per heavy atom. The quantitative estimate of drug-likeness (QED) is 0.874. The van der Waals surface area contributed by atoms with Gasteiger partial charge in [-0.25, -0.2) is 0 Å². The van der Waals surface area contributed by atoms with E-state index in [1.165, 1.54) is 11.1 Å². The Morgan fingerprint density at radius 3 is 2.17 bits per heavy atom. The zero-order valence-electron chi connectivity index (χ0n) is 12.6. The van der Waals surface area contributed by atoms with E-state index in [1.54, 1.807) is 0 Å². The largest absolute Gasteiger partial charge is 0.371 e. The first-order valence-corrected chi connectivity index (χ1v) is 6.62. The predicted molar refractivity (Wildman–Crippen MR) is 77.6 cm³/mol. The van der Waals surface area contributed by atoms with Crippen LogP contribution >= 0.6 is 0 Å². The maximum atomic E-state index is 5.80. The first-order chi connectivity index (χ1) is 8.16. The number of benzene rings is 1. The van der Waals surface area contributed by atoms with Gasteiger partial charge in [0, 0.05) is 12.1 Å². The molecule has 0 saturated heterocycles. The van der Waals surface area contributed by atoms with Gasteiger partial charge in [0.05, 0.1) is 12.2 Å². The molecule has 0 aliphatic carbocycles. The van der Waals surface area contributed by atoms with Crippen molar-refractivity contribution in [1.82, 2.24) is 5.32 Å². The van der Waals surface area contributed by atoms with E-state index < -0.39 is 0 Å². The fraction of sp³-hybridized carbons (Fsp3) is 0.625. The molecule has 0 heterocycles. The summed E-state index contributed by atoms with van der Waals surface area (Å²) in [6.07, 6.45) is 0. The molecule has 0 radical (unpaired) electrons. The van der Waals surface area contributed by atoms with E-state index in [2.05, 4.69) is 71.1 Å². The number of hydrogen-bond donors (Lipinski definition) is 1. The van der Waals surface area contributed by atoms with Crippen LogP contribution in [-0.2, 0) is 17.9 Å². The van der Waals surface area contributed by atoms with E-state index >= 15 is 0 Å². The molecule has 0 saturated carbocycles. The lowest BCUT2D eigenvalue weighted by molar-refractivity contribution is -0.0149. The highest BCUT2D eigenvalue weighted by Gasteiger charge is 2.11. The van der Waals surface area contributed by atoms with E-state index in [1.807, 2.05) is 0 Å². The van der Waals surface area contributed by atoms with Gasteiger partial charge < -0.3 is 10.1 Å². The van der Waals surface area contributed by atoms with Crippen LogP contribution in [-0.4, -0.2) is 11.1 Å². The standard InChI is InChI=1S/C16H27NO/c1-15(2,3)17-11-13-8-7-9-14(10-13)12-18-16(4,5)6/h7-10,17H,11-12H2,1-6H3. The van der Waals surface area contributed by atoms with Crippen LogP contribution in [0.5, 0.6) is 0 Å². The summed E-state index contributed by atoms with van der Waals surface area (Å²) < 4.78 is 5.80. The molecule has 0 aliphatic rings. The molecule has 1 N–H and O–H groups in total. The zero-order valence-corrected chi connectivity index (χ0v) is 12.6. The van der Waals surface area contributed by atoms with Gasteiger partial charge >= 0.3 is 0 Å². The number of hydrogen-bond acceptors (Lipinski definition) is 2. The Morgan fingerprint density at radius 2 is 1.61 bits per heavy atom. The lowest BCUT2D eigenvalue weighted by Gasteiger charge is -2.21. The lowest BCUT2D eigenvalue weighted by Crippen LogP contribution is -2.35. The Bertz CT molecular complexity index is 338. The number of rotatable bonds is 4. The van der Waals surface area contributed by atoms with Crippen molar-refractivity contribution in [2.24, 2.45) is 0 Å². The van der Waals surface area contributed by atoms with Gasteiger partial charge in [0.15, 0.2) is 0 Å². The van der Waals surface area contributed by atoms with Crippen LogP contribution in [0.25, 0.3) is 0 Å². The minimum atomic E-state index is -0.0837. The van der Waals surface area contributed by atoms with Gasteiger partial charge in [0.1, 0.15) is 0 Å². The number of ether oxygens (including phenoxy) is 1. The Labute approximate surface area is 112 Å². The van der Waals surface area contributed by atoms with Gasteiger partial charge in [-0.05, 0) is 52.7 Å². The van der Waals surface area contributed by atoms with E-state index in [-0.39, 0.29) is 11.1 Å². The van der Waals surface area contributed by atoms with Crippen molar-refractivity contribution in [3.05, 3.63) is 35.4 Å². The van der Waals surface area contributed by atoms with Gasteiger partial charge in [-0.1, -0.05) is 24.3 Å². The molecule has 0 bridgehead atoms. The van der Waals surface area contributed by atoms with Crippen molar-refractivity contribution >= 4 is 0 Å². The molecule has 0 aromatic heterocycles. The van der Waals surface area contributed by atoms with Crippen LogP contribution in [0, 0.1) is 0 Å². The molecule has 0 unspecified atom stereocenters. The first kappa shape index (κ1) is 15.2. The fourth-order valence-electron chi connectivity index (χ4n) is 1.50. The van der Waals surface area contributed by atoms with Crippen molar-refractivity contribution in [2.45, 2.75) is 65.8 Å². The van der Waals surface area contributed by atoms with E-state index in [9.17, 15) is 0 Å². The van der Waals surface area contributed by atoms with Crippen molar-refractivity contribution in [3.8, 4) is 0 Å². The SMILES string of the molecule is CC(C)(C)NCc1cccc(COC(C)(C)C)c1. The summed E-state index contributed by atoms with van der Waals surface area (Å²) in [5.74, 6) is 0. The summed E-state index contributed by atoms with van der Waals surface area (Å²) in [6, 6.07) is 8.58. The van der Waals surface area contributed by atoms with Crippen LogP contribution in [0.2, 0.25) is 0 Å². The Kier molecular flexibility index (Phi) is 4.94.